The van der Waals surface area contributed by atoms with E-state index in [1.54, 1.807) is 24.3 Å². The maximum absolute atomic E-state index is 14.2. The van der Waals surface area contributed by atoms with Crippen LogP contribution in [0.5, 0.6) is 0 Å². The summed E-state index contributed by atoms with van der Waals surface area (Å²) in [6.07, 6.45) is 1.64. The van der Waals surface area contributed by atoms with Crippen LogP contribution < -0.4 is 0 Å². The van der Waals surface area contributed by atoms with Crippen LogP contribution in [0.2, 0.25) is 5.02 Å². The number of halogens is 2. The molecule has 0 saturated heterocycles. The standard InChI is InChI=1S/C24H17ClFN5OS/c1-13-11-15(14(2)30(13)20-10-6-4-8-18(20)25)12-17-21(27)31-24(28-22(17)32)33-23(29-31)16-7-3-5-9-19(16)26/h3-12,27H,1-2H3/b17-12+,27-21?. The van der Waals surface area contributed by atoms with Gasteiger partial charge in [0.2, 0.25) is 5.17 Å². The highest BCUT2D eigenvalue weighted by molar-refractivity contribution is 8.27. The lowest BCUT2D eigenvalue weighted by molar-refractivity contribution is -0.114. The van der Waals surface area contributed by atoms with Crippen LogP contribution in [-0.4, -0.2) is 31.5 Å². The molecule has 2 aromatic carbocycles. The molecular weight excluding hydrogens is 461 g/mol. The molecule has 2 aliphatic rings. The van der Waals surface area contributed by atoms with Crippen molar-refractivity contribution in [2.24, 2.45) is 10.1 Å². The van der Waals surface area contributed by atoms with Crippen LogP contribution in [0.25, 0.3) is 11.8 Å². The number of amides is 1. The van der Waals surface area contributed by atoms with Crippen LogP contribution in [0.1, 0.15) is 22.5 Å². The predicted molar refractivity (Wildman–Crippen MR) is 131 cm³/mol. The van der Waals surface area contributed by atoms with Crippen molar-refractivity contribution < 1.29 is 9.18 Å². The number of aliphatic imine (C=N–C) groups is 1. The Morgan fingerprint density at radius 3 is 2.61 bits per heavy atom. The SMILES string of the molecule is Cc1cc(/C=C2\C(=N)N3N=C(c4ccccc4F)SC3=NC2=O)c(C)n1-c1ccccc1Cl. The Morgan fingerprint density at radius 2 is 1.85 bits per heavy atom. The number of fused-ring (bicyclic) bond motifs is 1. The van der Waals surface area contributed by atoms with Gasteiger partial charge in [-0.2, -0.15) is 15.1 Å². The molecule has 0 fully saturated rings. The first kappa shape index (κ1) is 21.4. The van der Waals surface area contributed by atoms with Gasteiger partial charge in [0.25, 0.3) is 5.91 Å². The van der Waals surface area contributed by atoms with Gasteiger partial charge in [-0.15, -0.1) is 0 Å². The largest absolute Gasteiger partial charge is 0.316 e. The van der Waals surface area contributed by atoms with Gasteiger partial charge in [-0.3, -0.25) is 10.2 Å². The number of thioether (sulfide) groups is 1. The van der Waals surface area contributed by atoms with E-state index in [9.17, 15) is 9.18 Å². The molecular formula is C24H17ClFN5OS. The van der Waals surface area contributed by atoms with Gasteiger partial charge >= 0.3 is 0 Å². The maximum Gasteiger partial charge on any atom is 0.283 e. The Kier molecular flexibility index (Phi) is 5.26. The number of aromatic nitrogens is 1. The average Bonchev–Trinajstić information content (AvgIpc) is 3.32. The summed E-state index contributed by atoms with van der Waals surface area (Å²) in [5, 5.41) is 15.4. The minimum Gasteiger partial charge on any atom is -0.316 e. The fraction of sp³-hybridized carbons (Fsp3) is 0.0833. The van der Waals surface area contributed by atoms with E-state index >= 15 is 0 Å². The summed E-state index contributed by atoms with van der Waals surface area (Å²) in [5.41, 5.74) is 3.81. The van der Waals surface area contributed by atoms with Gasteiger partial charge in [-0.25, -0.2) is 4.39 Å². The number of hydrogen-bond acceptors (Lipinski definition) is 4. The highest BCUT2D eigenvalue weighted by atomic mass is 35.5. The van der Waals surface area contributed by atoms with Gasteiger partial charge in [-0.1, -0.05) is 35.9 Å². The van der Waals surface area contributed by atoms with Crippen LogP contribution in [-0.2, 0) is 4.79 Å². The smallest absolute Gasteiger partial charge is 0.283 e. The van der Waals surface area contributed by atoms with E-state index in [0.717, 1.165) is 34.4 Å². The highest BCUT2D eigenvalue weighted by Crippen LogP contribution is 2.33. The second-order valence-corrected chi connectivity index (χ2v) is 8.88. The number of hydrazone groups is 1. The van der Waals surface area contributed by atoms with E-state index in [2.05, 4.69) is 10.1 Å². The predicted octanol–water partition coefficient (Wildman–Crippen LogP) is 5.55. The highest BCUT2D eigenvalue weighted by Gasteiger charge is 2.36. The summed E-state index contributed by atoms with van der Waals surface area (Å²) in [4.78, 5) is 16.9. The summed E-state index contributed by atoms with van der Waals surface area (Å²) >= 11 is 7.46. The number of aryl methyl sites for hydroxylation is 1. The van der Waals surface area contributed by atoms with E-state index in [0.29, 0.717) is 15.6 Å². The van der Waals surface area contributed by atoms with Crippen molar-refractivity contribution in [3.63, 3.8) is 0 Å². The fourth-order valence-electron chi connectivity index (χ4n) is 3.83. The number of carbonyl (C=O) groups excluding carboxylic acids is 1. The number of nitrogens with zero attached hydrogens (tertiary/aromatic N) is 4. The molecule has 3 heterocycles. The molecule has 1 aromatic heterocycles. The molecule has 0 aliphatic carbocycles. The molecule has 1 N–H and O–H groups in total. The van der Waals surface area contributed by atoms with E-state index in [4.69, 9.17) is 17.0 Å². The number of rotatable bonds is 3. The maximum atomic E-state index is 14.2. The van der Waals surface area contributed by atoms with Crippen molar-refractivity contribution in [2.45, 2.75) is 13.8 Å². The Bertz CT molecular complexity index is 1440. The van der Waals surface area contributed by atoms with E-state index in [-0.39, 0.29) is 16.6 Å². The second kappa shape index (κ2) is 8.13. The second-order valence-electron chi connectivity index (χ2n) is 7.52. The third-order valence-electron chi connectivity index (χ3n) is 5.42. The molecule has 6 nitrogen and oxygen atoms in total. The van der Waals surface area contributed by atoms with Gasteiger partial charge in [-0.05, 0) is 67.6 Å². The molecule has 1 amide bonds. The van der Waals surface area contributed by atoms with Crippen molar-refractivity contribution in [1.29, 1.82) is 5.41 Å². The quantitative estimate of drug-likeness (QED) is 0.502. The zero-order valence-corrected chi connectivity index (χ0v) is 19.2. The summed E-state index contributed by atoms with van der Waals surface area (Å²) in [7, 11) is 0. The summed E-state index contributed by atoms with van der Waals surface area (Å²) in [6, 6.07) is 15.7. The van der Waals surface area contributed by atoms with Gasteiger partial charge in [0.15, 0.2) is 5.84 Å². The van der Waals surface area contributed by atoms with E-state index in [1.807, 2.05) is 48.7 Å². The van der Waals surface area contributed by atoms with Crippen LogP contribution in [0.4, 0.5) is 4.39 Å². The Balaban J connectivity index is 1.53. The minimum atomic E-state index is -0.536. The first-order valence-corrected chi connectivity index (χ1v) is 11.2. The third kappa shape index (κ3) is 3.61. The lowest BCUT2D eigenvalue weighted by Gasteiger charge is -2.20. The van der Waals surface area contributed by atoms with Crippen LogP contribution in [0.15, 0.2) is 70.3 Å². The number of para-hydroxylation sites is 1. The van der Waals surface area contributed by atoms with Gasteiger partial charge < -0.3 is 4.57 Å². The summed E-state index contributed by atoms with van der Waals surface area (Å²) in [5.74, 6) is -1.07. The summed E-state index contributed by atoms with van der Waals surface area (Å²) in [6.45, 7) is 3.87. The lowest BCUT2D eigenvalue weighted by Crippen LogP contribution is -2.35. The number of carbonyl (C=O) groups is 1. The number of nitrogens with one attached hydrogen (secondary N) is 1. The molecule has 164 valence electrons. The van der Waals surface area contributed by atoms with Crippen LogP contribution >= 0.6 is 23.4 Å². The zero-order valence-electron chi connectivity index (χ0n) is 17.6. The van der Waals surface area contributed by atoms with E-state index < -0.39 is 11.7 Å². The Hall–Kier alpha value is -3.49. The first-order valence-electron chi connectivity index (χ1n) is 10.0. The minimum absolute atomic E-state index is 0.105. The molecule has 0 bridgehead atoms. The molecule has 3 aromatic rings. The van der Waals surface area contributed by atoms with Gasteiger partial charge in [0.05, 0.1) is 16.3 Å². The third-order valence-corrected chi connectivity index (χ3v) is 6.68. The first-order chi connectivity index (χ1) is 15.8. The average molecular weight is 478 g/mol. The van der Waals surface area contributed by atoms with Gasteiger partial charge in [0.1, 0.15) is 10.9 Å². The van der Waals surface area contributed by atoms with Crippen molar-refractivity contribution >= 4 is 51.4 Å². The summed E-state index contributed by atoms with van der Waals surface area (Å²) < 4.78 is 16.2. The fourth-order valence-corrected chi connectivity index (χ4v) is 4.97. The van der Waals surface area contributed by atoms with E-state index in [1.165, 1.54) is 11.1 Å². The molecule has 2 aliphatic heterocycles. The number of hydrogen-bond donors (Lipinski definition) is 1. The molecule has 0 spiro atoms. The van der Waals surface area contributed by atoms with Crippen molar-refractivity contribution in [3.05, 3.63) is 93.5 Å². The van der Waals surface area contributed by atoms with Crippen LogP contribution in [0.3, 0.4) is 0 Å². The topological polar surface area (TPSA) is 73.8 Å². The Labute approximate surface area is 198 Å². The van der Waals surface area contributed by atoms with Crippen molar-refractivity contribution in [2.75, 3.05) is 0 Å². The zero-order chi connectivity index (χ0) is 23.3. The van der Waals surface area contributed by atoms with Crippen molar-refractivity contribution in [3.8, 4) is 5.69 Å². The van der Waals surface area contributed by atoms with Gasteiger partial charge in [0, 0.05) is 17.0 Å². The monoisotopic (exact) mass is 477 g/mol. The Morgan fingerprint density at radius 1 is 1.12 bits per heavy atom. The normalized spacial score (nSPS) is 16.8. The number of benzene rings is 2. The molecule has 33 heavy (non-hydrogen) atoms. The van der Waals surface area contributed by atoms with Crippen LogP contribution in [0, 0.1) is 25.1 Å². The molecule has 0 radical (unpaired) electrons. The molecule has 5 rings (SSSR count). The number of amidine groups is 2. The molecule has 0 saturated carbocycles. The molecule has 0 atom stereocenters. The lowest BCUT2D eigenvalue weighted by atomic mass is 10.1. The molecule has 9 heteroatoms. The van der Waals surface area contributed by atoms with Crippen molar-refractivity contribution in [1.82, 2.24) is 9.58 Å². The molecule has 0 unspecified atom stereocenters.